The number of hydrogen-bond donors (Lipinski definition) is 2. The van der Waals surface area contributed by atoms with Gasteiger partial charge in [-0.05, 0) is 60.3 Å². The standard InChI is InChI=1S/C31H48F2N2O5Si2/c1-41(2,3)17-15-37-21-39-29-27(19-23-7-11-25(32)12-8-23)34-31(36)35-28(20-24-9-13-26(33)14-10-24)30(29)40-22-38-16-18-42(4,5)6/h7-14,27-30H,15-22H2,1-6H3,(H2,34,35,36)/t27-,28-,29+,30+/m1/s1. The molecule has 4 atom stereocenters. The molecule has 1 saturated heterocycles. The van der Waals surface area contributed by atoms with Crippen LogP contribution in [0.2, 0.25) is 51.4 Å². The topological polar surface area (TPSA) is 78.1 Å². The predicted molar refractivity (Wildman–Crippen MR) is 167 cm³/mol. The number of carbonyl (C=O) groups excluding carboxylic acids is 1. The van der Waals surface area contributed by atoms with Crippen LogP contribution in [0.25, 0.3) is 0 Å². The third kappa shape index (κ3) is 12.6. The van der Waals surface area contributed by atoms with Gasteiger partial charge in [-0.3, -0.25) is 0 Å². The molecule has 3 rings (SSSR count). The molecular formula is C31H48F2N2O5Si2. The van der Waals surface area contributed by atoms with Crippen molar-refractivity contribution in [1.82, 2.24) is 10.6 Å². The highest BCUT2D eigenvalue weighted by Gasteiger charge is 2.41. The molecule has 0 saturated carbocycles. The van der Waals surface area contributed by atoms with Crippen molar-refractivity contribution in [2.45, 2.75) is 88.5 Å². The van der Waals surface area contributed by atoms with Crippen molar-refractivity contribution in [2.75, 3.05) is 26.8 Å². The van der Waals surface area contributed by atoms with Gasteiger partial charge in [-0.1, -0.05) is 63.5 Å². The fourth-order valence-electron chi connectivity index (χ4n) is 4.63. The van der Waals surface area contributed by atoms with Gasteiger partial charge in [-0.2, -0.15) is 0 Å². The van der Waals surface area contributed by atoms with Crippen molar-refractivity contribution in [2.24, 2.45) is 0 Å². The SMILES string of the molecule is C[Si](C)(C)CCOCO[C@@H]1[C@@H](OCOCC[Si](C)(C)C)[C@@H](Cc2ccc(F)cc2)NC(=O)N[C@@H]1Cc1ccc(F)cc1. The third-order valence-electron chi connectivity index (χ3n) is 7.17. The first-order valence-electron chi connectivity index (χ1n) is 14.7. The zero-order valence-corrected chi connectivity index (χ0v) is 27.9. The highest BCUT2D eigenvalue weighted by Crippen LogP contribution is 2.23. The fourth-order valence-corrected chi connectivity index (χ4v) is 6.15. The lowest BCUT2D eigenvalue weighted by Crippen LogP contribution is -2.52. The first-order valence-corrected chi connectivity index (χ1v) is 22.2. The van der Waals surface area contributed by atoms with E-state index in [1.807, 2.05) is 0 Å². The Morgan fingerprint density at radius 3 is 1.33 bits per heavy atom. The van der Waals surface area contributed by atoms with E-state index in [2.05, 4.69) is 49.9 Å². The van der Waals surface area contributed by atoms with Gasteiger partial charge in [-0.15, -0.1) is 0 Å². The molecule has 0 radical (unpaired) electrons. The molecular weight excluding hydrogens is 575 g/mol. The van der Waals surface area contributed by atoms with Crippen molar-refractivity contribution in [1.29, 1.82) is 0 Å². The first kappa shape index (κ1) is 34.3. The number of benzene rings is 2. The van der Waals surface area contributed by atoms with Gasteiger partial charge in [0.05, 0.1) is 12.1 Å². The Morgan fingerprint density at radius 1 is 0.643 bits per heavy atom. The minimum atomic E-state index is -1.29. The molecule has 234 valence electrons. The second-order valence-electron chi connectivity index (χ2n) is 13.4. The molecule has 1 heterocycles. The van der Waals surface area contributed by atoms with Gasteiger partial charge in [-0.25, -0.2) is 13.6 Å². The van der Waals surface area contributed by atoms with Crippen LogP contribution in [0.4, 0.5) is 13.6 Å². The summed E-state index contributed by atoms with van der Waals surface area (Å²) in [4.78, 5) is 13.2. The highest BCUT2D eigenvalue weighted by molar-refractivity contribution is 6.76. The lowest BCUT2D eigenvalue weighted by Gasteiger charge is -2.34. The van der Waals surface area contributed by atoms with Crippen LogP contribution in [0.15, 0.2) is 48.5 Å². The number of nitrogens with one attached hydrogen (secondary N) is 2. The molecule has 2 amide bonds. The summed E-state index contributed by atoms with van der Waals surface area (Å²) >= 11 is 0. The van der Waals surface area contributed by atoms with E-state index in [0.717, 1.165) is 23.2 Å². The zero-order valence-electron chi connectivity index (χ0n) is 25.9. The number of hydrogen-bond acceptors (Lipinski definition) is 5. The van der Waals surface area contributed by atoms with Gasteiger partial charge in [0.25, 0.3) is 0 Å². The summed E-state index contributed by atoms with van der Waals surface area (Å²) in [5, 5.41) is 6.08. The molecule has 2 aromatic carbocycles. The molecule has 0 unspecified atom stereocenters. The van der Waals surface area contributed by atoms with Crippen LogP contribution >= 0.6 is 0 Å². The van der Waals surface area contributed by atoms with Crippen molar-refractivity contribution in [3.05, 3.63) is 71.3 Å². The van der Waals surface area contributed by atoms with Gasteiger partial charge in [0.2, 0.25) is 0 Å². The van der Waals surface area contributed by atoms with E-state index >= 15 is 0 Å². The van der Waals surface area contributed by atoms with E-state index in [-0.39, 0.29) is 31.3 Å². The molecule has 1 fully saturated rings. The molecule has 0 spiro atoms. The maximum absolute atomic E-state index is 13.6. The third-order valence-corrected chi connectivity index (χ3v) is 10.6. The Labute approximate surface area is 251 Å². The summed E-state index contributed by atoms with van der Waals surface area (Å²) in [7, 11) is -2.57. The second kappa shape index (κ2) is 16.1. The molecule has 2 aromatic rings. The Morgan fingerprint density at radius 2 is 1.00 bits per heavy atom. The van der Waals surface area contributed by atoms with Crippen LogP contribution in [0.1, 0.15) is 11.1 Å². The average molecular weight is 623 g/mol. The number of carbonyl (C=O) groups is 1. The molecule has 0 bridgehead atoms. The molecule has 0 aliphatic carbocycles. The van der Waals surface area contributed by atoms with Crippen LogP contribution < -0.4 is 10.6 Å². The van der Waals surface area contributed by atoms with Crippen molar-refractivity contribution < 1.29 is 32.5 Å². The summed E-state index contributed by atoms with van der Waals surface area (Å²) in [5.74, 6) is -0.657. The van der Waals surface area contributed by atoms with Crippen LogP contribution in [-0.4, -0.2) is 73.3 Å². The monoisotopic (exact) mass is 622 g/mol. The van der Waals surface area contributed by atoms with Crippen LogP contribution in [0.5, 0.6) is 0 Å². The average Bonchev–Trinajstić information content (AvgIpc) is 3.00. The van der Waals surface area contributed by atoms with Gasteiger partial charge in [0, 0.05) is 29.4 Å². The quantitative estimate of drug-likeness (QED) is 0.133. The van der Waals surface area contributed by atoms with E-state index in [0.29, 0.717) is 26.1 Å². The number of amides is 2. The van der Waals surface area contributed by atoms with Gasteiger partial charge in [0.1, 0.15) is 37.4 Å². The Kier molecular flexibility index (Phi) is 13.1. The number of rotatable bonds is 16. The first-order chi connectivity index (χ1) is 19.8. The lowest BCUT2D eigenvalue weighted by atomic mass is 9.92. The second-order valence-corrected chi connectivity index (χ2v) is 24.7. The Hall–Kier alpha value is -2.16. The van der Waals surface area contributed by atoms with E-state index in [4.69, 9.17) is 18.9 Å². The molecule has 7 nitrogen and oxygen atoms in total. The number of halogens is 2. The van der Waals surface area contributed by atoms with Crippen LogP contribution in [-0.2, 0) is 31.8 Å². The van der Waals surface area contributed by atoms with E-state index in [1.165, 1.54) is 24.3 Å². The lowest BCUT2D eigenvalue weighted by molar-refractivity contribution is -0.177. The Balaban J connectivity index is 1.85. The minimum Gasteiger partial charge on any atom is -0.356 e. The van der Waals surface area contributed by atoms with Crippen molar-refractivity contribution in [3.63, 3.8) is 0 Å². The van der Waals surface area contributed by atoms with Crippen molar-refractivity contribution in [3.8, 4) is 0 Å². The van der Waals surface area contributed by atoms with E-state index in [1.54, 1.807) is 24.3 Å². The van der Waals surface area contributed by atoms with Gasteiger partial charge < -0.3 is 29.6 Å². The van der Waals surface area contributed by atoms with Crippen LogP contribution in [0.3, 0.4) is 0 Å². The van der Waals surface area contributed by atoms with Crippen LogP contribution in [0, 0.1) is 11.6 Å². The maximum Gasteiger partial charge on any atom is 0.315 e. The summed E-state index contributed by atoms with van der Waals surface area (Å²) in [6.45, 7) is 14.9. The van der Waals surface area contributed by atoms with Gasteiger partial charge >= 0.3 is 6.03 Å². The van der Waals surface area contributed by atoms with E-state index in [9.17, 15) is 13.6 Å². The van der Waals surface area contributed by atoms with Gasteiger partial charge in [0.15, 0.2) is 0 Å². The molecule has 42 heavy (non-hydrogen) atoms. The smallest absolute Gasteiger partial charge is 0.315 e. The summed E-state index contributed by atoms with van der Waals surface area (Å²) in [6.07, 6.45) is -0.446. The minimum absolute atomic E-state index is 0.0323. The summed E-state index contributed by atoms with van der Waals surface area (Å²) in [6, 6.07) is 13.0. The normalized spacial score (nSPS) is 21.5. The molecule has 11 heteroatoms. The highest BCUT2D eigenvalue weighted by atomic mass is 28.3. The summed E-state index contributed by atoms with van der Waals surface area (Å²) in [5.41, 5.74) is 1.69. The fraction of sp³-hybridized carbons (Fsp3) is 0.581. The molecule has 0 aromatic heterocycles. The number of urea groups is 1. The van der Waals surface area contributed by atoms with Crippen molar-refractivity contribution >= 4 is 22.2 Å². The molecule has 2 N–H and O–H groups in total. The molecule has 1 aliphatic rings. The molecule has 1 aliphatic heterocycles. The summed E-state index contributed by atoms with van der Waals surface area (Å²) < 4.78 is 51.8. The largest absolute Gasteiger partial charge is 0.356 e. The number of ether oxygens (including phenoxy) is 4. The Bertz CT molecular complexity index is 1010. The zero-order chi connectivity index (χ0) is 30.8. The van der Waals surface area contributed by atoms with E-state index < -0.39 is 40.4 Å². The predicted octanol–water partition coefficient (Wildman–Crippen LogP) is 6.20. The maximum atomic E-state index is 13.6.